The number of nitrogens with two attached hydrogens (primary N) is 1. The second-order valence-corrected chi connectivity index (χ2v) is 3.68. The Bertz CT molecular complexity index is 371. The van der Waals surface area contributed by atoms with Gasteiger partial charge >= 0.3 is 0 Å². The SMILES string of the molecule is COC(C)C(NN)c1c(F)ccc(C)c1F. The summed E-state index contributed by atoms with van der Waals surface area (Å²) in [6.07, 6.45) is -0.434. The van der Waals surface area contributed by atoms with Crippen molar-refractivity contribution in [1.29, 1.82) is 0 Å². The summed E-state index contributed by atoms with van der Waals surface area (Å²) in [7, 11) is 1.46. The first-order chi connectivity index (χ1) is 7.52. The van der Waals surface area contributed by atoms with Crippen molar-refractivity contribution in [2.75, 3.05) is 7.11 Å². The van der Waals surface area contributed by atoms with Crippen LogP contribution in [0, 0.1) is 18.6 Å². The van der Waals surface area contributed by atoms with Gasteiger partial charge in [0.15, 0.2) is 0 Å². The number of benzene rings is 1. The van der Waals surface area contributed by atoms with Crippen molar-refractivity contribution in [2.45, 2.75) is 26.0 Å². The van der Waals surface area contributed by atoms with Crippen LogP contribution in [0.4, 0.5) is 8.78 Å². The van der Waals surface area contributed by atoms with Gasteiger partial charge in [-0.15, -0.1) is 0 Å². The fourth-order valence-corrected chi connectivity index (χ4v) is 1.55. The molecule has 0 amide bonds. The average Bonchev–Trinajstić information content (AvgIpc) is 2.28. The highest BCUT2D eigenvalue weighted by molar-refractivity contribution is 5.29. The summed E-state index contributed by atoms with van der Waals surface area (Å²) in [5, 5.41) is 0. The number of methoxy groups -OCH3 is 1. The van der Waals surface area contributed by atoms with Gasteiger partial charge in [-0.1, -0.05) is 6.07 Å². The molecule has 90 valence electrons. The number of rotatable bonds is 4. The van der Waals surface area contributed by atoms with E-state index in [-0.39, 0.29) is 5.56 Å². The molecule has 0 aromatic heterocycles. The molecule has 1 rings (SSSR count). The summed E-state index contributed by atoms with van der Waals surface area (Å²) in [6, 6.07) is 1.89. The van der Waals surface area contributed by atoms with E-state index < -0.39 is 23.8 Å². The van der Waals surface area contributed by atoms with Crippen molar-refractivity contribution in [3.05, 3.63) is 34.9 Å². The first-order valence-corrected chi connectivity index (χ1v) is 4.96. The van der Waals surface area contributed by atoms with Crippen molar-refractivity contribution in [3.63, 3.8) is 0 Å². The van der Waals surface area contributed by atoms with Gasteiger partial charge in [0.2, 0.25) is 0 Å². The molecule has 0 aliphatic heterocycles. The molecule has 2 atom stereocenters. The zero-order valence-electron chi connectivity index (χ0n) is 9.55. The van der Waals surface area contributed by atoms with Gasteiger partial charge in [-0.25, -0.2) is 8.78 Å². The van der Waals surface area contributed by atoms with Crippen LogP contribution in [-0.4, -0.2) is 13.2 Å². The van der Waals surface area contributed by atoms with E-state index >= 15 is 0 Å². The Morgan fingerprint density at radius 2 is 2.00 bits per heavy atom. The molecule has 16 heavy (non-hydrogen) atoms. The average molecular weight is 230 g/mol. The lowest BCUT2D eigenvalue weighted by molar-refractivity contribution is 0.0804. The summed E-state index contributed by atoms with van der Waals surface area (Å²) in [6.45, 7) is 3.26. The molecule has 3 nitrogen and oxygen atoms in total. The van der Waals surface area contributed by atoms with Gasteiger partial charge in [0.25, 0.3) is 0 Å². The maximum Gasteiger partial charge on any atom is 0.133 e. The first-order valence-electron chi connectivity index (χ1n) is 4.96. The fourth-order valence-electron chi connectivity index (χ4n) is 1.55. The minimum absolute atomic E-state index is 0.0862. The third-order valence-corrected chi connectivity index (χ3v) is 2.65. The predicted octanol–water partition coefficient (Wildman–Crippen LogP) is 1.81. The molecule has 0 spiro atoms. The Morgan fingerprint density at radius 3 is 2.50 bits per heavy atom. The van der Waals surface area contributed by atoms with Crippen LogP contribution in [0.1, 0.15) is 24.1 Å². The molecular weight excluding hydrogens is 214 g/mol. The van der Waals surface area contributed by atoms with Crippen LogP contribution in [0.2, 0.25) is 0 Å². The van der Waals surface area contributed by atoms with Crippen molar-refractivity contribution < 1.29 is 13.5 Å². The Kier molecular flexibility index (Phi) is 4.35. The number of nitrogens with one attached hydrogen (secondary N) is 1. The zero-order valence-corrected chi connectivity index (χ0v) is 9.55. The molecule has 0 aliphatic rings. The second kappa shape index (κ2) is 5.34. The van der Waals surface area contributed by atoms with Gasteiger partial charge in [-0.2, -0.15) is 0 Å². The predicted molar refractivity (Wildman–Crippen MR) is 57.6 cm³/mol. The van der Waals surface area contributed by atoms with Crippen LogP contribution in [0.15, 0.2) is 12.1 Å². The number of halogens is 2. The molecule has 1 aromatic carbocycles. The highest BCUT2D eigenvalue weighted by atomic mass is 19.1. The van der Waals surface area contributed by atoms with E-state index in [2.05, 4.69) is 5.43 Å². The molecule has 2 unspecified atom stereocenters. The van der Waals surface area contributed by atoms with Crippen LogP contribution in [0.3, 0.4) is 0 Å². The summed E-state index contributed by atoms with van der Waals surface area (Å²) < 4.78 is 32.4. The lowest BCUT2D eigenvalue weighted by Crippen LogP contribution is -2.37. The highest BCUT2D eigenvalue weighted by Gasteiger charge is 2.25. The van der Waals surface area contributed by atoms with Crippen molar-refractivity contribution in [1.82, 2.24) is 5.43 Å². The summed E-state index contributed by atoms with van der Waals surface area (Å²) >= 11 is 0. The van der Waals surface area contributed by atoms with Crippen LogP contribution < -0.4 is 11.3 Å². The van der Waals surface area contributed by atoms with E-state index in [0.717, 1.165) is 0 Å². The number of aryl methyl sites for hydroxylation is 1. The molecule has 0 fully saturated rings. The van der Waals surface area contributed by atoms with Gasteiger partial charge in [0.05, 0.1) is 12.1 Å². The number of hydrogen-bond acceptors (Lipinski definition) is 3. The van der Waals surface area contributed by atoms with Crippen LogP contribution >= 0.6 is 0 Å². The summed E-state index contributed by atoms with van der Waals surface area (Å²) in [5.41, 5.74) is 2.66. The molecule has 0 bridgehead atoms. The maximum absolute atomic E-state index is 13.8. The molecule has 1 aromatic rings. The molecule has 0 aliphatic carbocycles. The third-order valence-electron chi connectivity index (χ3n) is 2.65. The third kappa shape index (κ3) is 2.37. The van der Waals surface area contributed by atoms with E-state index in [9.17, 15) is 8.78 Å². The molecule has 3 N–H and O–H groups in total. The van der Waals surface area contributed by atoms with E-state index in [1.807, 2.05) is 0 Å². The molecular formula is C11H16F2N2O. The number of hydrazine groups is 1. The minimum Gasteiger partial charge on any atom is -0.380 e. The normalized spacial score (nSPS) is 14.9. The summed E-state index contributed by atoms with van der Waals surface area (Å²) in [4.78, 5) is 0. The van der Waals surface area contributed by atoms with Crippen molar-refractivity contribution in [2.24, 2.45) is 5.84 Å². The van der Waals surface area contributed by atoms with Crippen molar-refractivity contribution in [3.8, 4) is 0 Å². The molecule has 5 heteroatoms. The maximum atomic E-state index is 13.8. The van der Waals surface area contributed by atoms with Gasteiger partial charge < -0.3 is 4.74 Å². The molecule has 0 saturated heterocycles. The minimum atomic E-state index is -0.718. The van der Waals surface area contributed by atoms with Gasteiger partial charge in [0.1, 0.15) is 11.6 Å². The molecule has 0 saturated carbocycles. The largest absolute Gasteiger partial charge is 0.380 e. The highest BCUT2D eigenvalue weighted by Crippen LogP contribution is 2.26. The quantitative estimate of drug-likeness (QED) is 0.612. The Hall–Kier alpha value is -1.04. The van der Waals surface area contributed by atoms with Crippen LogP contribution in [0.25, 0.3) is 0 Å². The van der Waals surface area contributed by atoms with E-state index in [4.69, 9.17) is 10.6 Å². The Morgan fingerprint density at radius 1 is 1.38 bits per heavy atom. The van der Waals surface area contributed by atoms with Gasteiger partial charge in [-0.3, -0.25) is 11.3 Å². The molecule has 0 radical (unpaired) electrons. The van der Waals surface area contributed by atoms with E-state index in [1.165, 1.54) is 19.2 Å². The number of hydrogen-bond donors (Lipinski definition) is 2. The van der Waals surface area contributed by atoms with Crippen LogP contribution in [-0.2, 0) is 4.74 Å². The summed E-state index contributed by atoms with van der Waals surface area (Å²) in [5.74, 6) is 4.09. The Balaban J connectivity index is 3.23. The number of ether oxygens (including phenoxy) is 1. The molecule has 0 heterocycles. The van der Waals surface area contributed by atoms with Gasteiger partial charge in [-0.05, 0) is 25.5 Å². The standard InChI is InChI=1S/C11H16F2N2O/c1-6-4-5-8(12)9(10(6)13)11(15-14)7(2)16-3/h4-5,7,11,15H,14H2,1-3H3. The topological polar surface area (TPSA) is 47.3 Å². The van der Waals surface area contributed by atoms with Crippen molar-refractivity contribution >= 4 is 0 Å². The van der Waals surface area contributed by atoms with Gasteiger partial charge in [0, 0.05) is 12.7 Å². The monoisotopic (exact) mass is 230 g/mol. The zero-order chi connectivity index (χ0) is 12.3. The first kappa shape index (κ1) is 13.0. The Labute approximate surface area is 93.6 Å². The van der Waals surface area contributed by atoms with E-state index in [0.29, 0.717) is 5.56 Å². The smallest absolute Gasteiger partial charge is 0.133 e. The van der Waals surface area contributed by atoms with E-state index in [1.54, 1.807) is 13.8 Å². The lowest BCUT2D eigenvalue weighted by atomic mass is 9.99. The van der Waals surface area contributed by atoms with Crippen LogP contribution in [0.5, 0.6) is 0 Å². The second-order valence-electron chi connectivity index (χ2n) is 3.68. The lowest BCUT2D eigenvalue weighted by Gasteiger charge is -2.23. The fraction of sp³-hybridized carbons (Fsp3) is 0.455.